The molecule has 0 N–H and O–H groups in total. The fourth-order valence-corrected chi connectivity index (χ4v) is 3.56. The number of methoxy groups -OCH3 is 1. The van der Waals surface area contributed by atoms with Crippen LogP contribution in [0.1, 0.15) is 16.1 Å². The number of ether oxygens (including phenoxy) is 2. The van der Waals surface area contributed by atoms with E-state index in [1.807, 2.05) is 66.7 Å². The van der Waals surface area contributed by atoms with Gasteiger partial charge in [0.25, 0.3) is 0 Å². The molecule has 5 nitrogen and oxygen atoms in total. The molecule has 0 fully saturated rings. The normalized spacial score (nSPS) is 10.7. The van der Waals surface area contributed by atoms with Crippen LogP contribution >= 0.6 is 11.6 Å². The zero-order valence-electron chi connectivity index (χ0n) is 16.2. The van der Waals surface area contributed by atoms with Crippen LogP contribution < -0.4 is 9.47 Å². The van der Waals surface area contributed by atoms with Gasteiger partial charge >= 0.3 is 11.7 Å². The van der Waals surface area contributed by atoms with E-state index in [0.29, 0.717) is 20.5 Å². The van der Waals surface area contributed by atoms with Crippen LogP contribution in [0.2, 0.25) is 5.02 Å². The molecule has 6 heteroatoms. The van der Waals surface area contributed by atoms with Gasteiger partial charge in [-0.15, -0.1) is 0 Å². The molecule has 1 aromatic heterocycles. The number of pyridine rings is 1. The van der Waals surface area contributed by atoms with Crippen molar-refractivity contribution in [1.82, 2.24) is 0 Å². The Morgan fingerprint density at radius 2 is 1.77 bits per heavy atom. The third-order valence-electron chi connectivity index (χ3n) is 4.77. The van der Waals surface area contributed by atoms with Crippen LogP contribution in [0.5, 0.6) is 5.75 Å². The largest absolute Gasteiger partial charge is 0.618 e. The lowest BCUT2D eigenvalue weighted by Crippen LogP contribution is -2.35. The standard InChI is InChI=1S/C24H18ClNO4/c1-29-24(27)22-23(30-15-16-7-3-2-4-8-16)20-12-6-11-19(21(20)14-26(22)28)17-9-5-10-18(25)13-17/h2-14H,15H2,1H3. The first-order valence-electron chi connectivity index (χ1n) is 9.28. The van der Waals surface area contributed by atoms with Crippen molar-refractivity contribution in [2.45, 2.75) is 6.61 Å². The summed E-state index contributed by atoms with van der Waals surface area (Å²) in [5.41, 5.74) is 2.38. The molecule has 0 aliphatic rings. The molecule has 0 atom stereocenters. The average Bonchev–Trinajstić information content (AvgIpc) is 2.77. The minimum absolute atomic E-state index is 0.182. The summed E-state index contributed by atoms with van der Waals surface area (Å²) in [6.45, 7) is 0.200. The maximum Gasteiger partial charge on any atom is 0.408 e. The number of carbonyl (C=O) groups excluding carboxylic acids is 1. The van der Waals surface area contributed by atoms with Crippen LogP contribution in [0.3, 0.4) is 0 Å². The molecule has 4 rings (SSSR count). The van der Waals surface area contributed by atoms with Gasteiger partial charge in [-0.1, -0.05) is 72.3 Å². The van der Waals surface area contributed by atoms with Crippen molar-refractivity contribution >= 4 is 28.3 Å². The Balaban J connectivity index is 1.91. The number of aromatic nitrogens is 1. The Morgan fingerprint density at radius 1 is 1.00 bits per heavy atom. The van der Waals surface area contributed by atoms with E-state index in [0.717, 1.165) is 16.7 Å². The monoisotopic (exact) mass is 419 g/mol. The van der Waals surface area contributed by atoms with E-state index < -0.39 is 5.97 Å². The summed E-state index contributed by atoms with van der Waals surface area (Å²) in [5, 5.41) is 14.7. The first-order valence-corrected chi connectivity index (χ1v) is 9.66. The smallest absolute Gasteiger partial charge is 0.408 e. The Kier molecular flexibility index (Phi) is 5.55. The molecule has 0 saturated carbocycles. The fraction of sp³-hybridized carbons (Fsp3) is 0.0833. The van der Waals surface area contributed by atoms with E-state index in [1.54, 1.807) is 6.07 Å². The molecule has 0 spiro atoms. The van der Waals surface area contributed by atoms with E-state index in [-0.39, 0.29) is 18.1 Å². The minimum Gasteiger partial charge on any atom is -0.618 e. The van der Waals surface area contributed by atoms with Gasteiger partial charge in [0.15, 0.2) is 6.20 Å². The highest BCUT2D eigenvalue weighted by Crippen LogP contribution is 2.35. The van der Waals surface area contributed by atoms with Gasteiger partial charge in [-0.2, -0.15) is 4.73 Å². The molecule has 150 valence electrons. The summed E-state index contributed by atoms with van der Waals surface area (Å²) in [4.78, 5) is 12.4. The number of benzene rings is 3. The Bertz CT molecular complexity index is 1220. The molecule has 3 aromatic carbocycles. The van der Waals surface area contributed by atoms with Gasteiger partial charge in [0.05, 0.1) is 12.5 Å². The highest BCUT2D eigenvalue weighted by atomic mass is 35.5. The molecular weight excluding hydrogens is 402 g/mol. The molecule has 0 bridgehead atoms. The van der Waals surface area contributed by atoms with Gasteiger partial charge in [0.2, 0.25) is 5.75 Å². The van der Waals surface area contributed by atoms with Crippen LogP contribution in [0.25, 0.3) is 21.9 Å². The first kappa shape index (κ1) is 19.7. The Morgan fingerprint density at radius 3 is 2.50 bits per heavy atom. The van der Waals surface area contributed by atoms with Crippen molar-refractivity contribution in [3.8, 4) is 16.9 Å². The molecule has 0 amide bonds. The lowest BCUT2D eigenvalue weighted by atomic mass is 9.98. The fourth-order valence-electron chi connectivity index (χ4n) is 3.37. The van der Waals surface area contributed by atoms with Gasteiger partial charge < -0.3 is 14.7 Å². The first-order chi connectivity index (χ1) is 14.6. The van der Waals surface area contributed by atoms with Gasteiger partial charge in [0, 0.05) is 10.4 Å². The second-order valence-corrected chi connectivity index (χ2v) is 7.11. The molecule has 4 aromatic rings. The highest BCUT2D eigenvalue weighted by molar-refractivity contribution is 6.30. The Labute approximate surface area is 178 Å². The predicted octanol–water partition coefficient (Wildman–Crippen LogP) is 5.16. The predicted molar refractivity (Wildman–Crippen MR) is 115 cm³/mol. The zero-order valence-corrected chi connectivity index (χ0v) is 16.9. The molecule has 30 heavy (non-hydrogen) atoms. The van der Waals surface area contributed by atoms with E-state index in [9.17, 15) is 10.0 Å². The van der Waals surface area contributed by atoms with E-state index in [4.69, 9.17) is 21.1 Å². The van der Waals surface area contributed by atoms with Crippen molar-refractivity contribution in [1.29, 1.82) is 0 Å². The third-order valence-corrected chi connectivity index (χ3v) is 5.01. The maximum atomic E-state index is 12.8. The van der Waals surface area contributed by atoms with Crippen molar-refractivity contribution in [3.63, 3.8) is 0 Å². The number of hydrogen-bond donors (Lipinski definition) is 0. The second kappa shape index (κ2) is 8.43. The van der Waals surface area contributed by atoms with E-state index >= 15 is 0 Å². The second-order valence-electron chi connectivity index (χ2n) is 6.68. The summed E-state index contributed by atoms with van der Waals surface area (Å²) >= 11 is 6.16. The molecular formula is C24H18ClNO4. The summed E-state index contributed by atoms with van der Waals surface area (Å²) in [5.74, 6) is -0.579. The quantitative estimate of drug-likeness (QED) is 0.254. The highest BCUT2D eigenvalue weighted by Gasteiger charge is 2.28. The van der Waals surface area contributed by atoms with Gasteiger partial charge in [-0.05, 0) is 28.8 Å². The van der Waals surface area contributed by atoms with Gasteiger partial charge in [0.1, 0.15) is 6.61 Å². The summed E-state index contributed by atoms with van der Waals surface area (Å²) in [6.07, 6.45) is 1.37. The van der Waals surface area contributed by atoms with Crippen LogP contribution in [-0.2, 0) is 11.3 Å². The van der Waals surface area contributed by atoms with Gasteiger partial charge in [-0.3, -0.25) is 0 Å². The van der Waals surface area contributed by atoms with Crippen LogP contribution in [0, 0.1) is 5.21 Å². The zero-order chi connectivity index (χ0) is 21.1. The number of hydrogen-bond acceptors (Lipinski definition) is 4. The molecule has 0 aliphatic carbocycles. The van der Waals surface area contributed by atoms with Crippen molar-refractivity contribution in [3.05, 3.63) is 100 Å². The van der Waals surface area contributed by atoms with Crippen LogP contribution in [-0.4, -0.2) is 13.1 Å². The topological polar surface area (TPSA) is 62.5 Å². The number of halogens is 1. The minimum atomic E-state index is -0.761. The van der Waals surface area contributed by atoms with Crippen molar-refractivity contribution in [2.24, 2.45) is 0 Å². The maximum absolute atomic E-state index is 12.8. The number of fused-ring (bicyclic) bond motifs is 1. The van der Waals surface area contributed by atoms with Crippen molar-refractivity contribution < 1.29 is 19.0 Å². The van der Waals surface area contributed by atoms with E-state index in [2.05, 4.69) is 0 Å². The molecule has 1 heterocycles. The number of carbonyl (C=O) groups is 1. The number of esters is 1. The lowest BCUT2D eigenvalue weighted by Gasteiger charge is -2.15. The summed E-state index contributed by atoms with van der Waals surface area (Å²) in [6, 6.07) is 22.4. The molecule has 0 unspecified atom stereocenters. The Hall–Kier alpha value is -3.57. The molecule has 0 aliphatic heterocycles. The lowest BCUT2D eigenvalue weighted by molar-refractivity contribution is -0.607. The molecule has 0 radical (unpaired) electrons. The van der Waals surface area contributed by atoms with Crippen LogP contribution in [0.4, 0.5) is 0 Å². The summed E-state index contributed by atoms with van der Waals surface area (Å²) in [7, 11) is 1.23. The third kappa shape index (κ3) is 3.80. The summed E-state index contributed by atoms with van der Waals surface area (Å²) < 4.78 is 11.3. The average molecular weight is 420 g/mol. The SMILES string of the molecule is COC(=O)c1c(OCc2ccccc2)c2cccc(-c3cccc(Cl)c3)c2c[n+]1[O-]. The number of nitrogens with zero attached hydrogens (tertiary/aromatic N) is 1. The number of rotatable bonds is 5. The van der Waals surface area contributed by atoms with E-state index in [1.165, 1.54) is 13.3 Å². The van der Waals surface area contributed by atoms with Crippen LogP contribution in [0.15, 0.2) is 79.0 Å². The molecule has 0 saturated heterocycles. The van der Waals surface area contributed by atoms with Crippen molar-refractivity contribution in [2.75, 3.05) is 7.11 Å². The van der Waals surface area contributed by atoms with Gasteiger partial charge in [-0.25, -0.2) is 4.79 Å².